The molecular weight excluding hydrogens is 236 g/mol. The molecule has 2 heterocycles. The summed E-state index contributed by atoms with van der Waals surface area (Å²) in [5, 5.41) is 8.00. The maximum absolute atomic E-state index is 4.55. The van der Waals surface area contributed by atoms with Gasteiger partial charge >= 0.3 is 0 Å². The fraction of sp³-hybridized carbons (Fsp3) is 0.467. The van der Waals surface area contributed by atoms with E-state index in [1.54, 1.807) is 0 Å². The van der Waals surface area contributed by atoms with Crippen molar-refractivity contribution >= 4 is 0 Å². The van der Waals surface area contributed by atoms with E-state index in [0.29, 0.717) is 5.92 Å². The minimum Gasteiger partial charge on any atom is -0.312 e. The average Bonchev–Trinajstić information content (AvgIpc) is 2.68. The molecule has 4 nitrogen and oxygen atoms in total. The summed E-state index contributed by atoms with van der Waals surface area (Å²) >= 11 is 0. The number of aromatic nitrogens is 3. The second kappa shape index (κ2) is 5.97. The first-order chi connectivity index (χ1) is 9.08. The molecule has 19 heavy (non-hydrogen) atoms. The lowest BCUT2D eigenvalue weighted by Crippen LogP contribution is -2.20. The van der Waals surface area contributed by atoms with E-state index in [-0.39, 0.29) is 0 Å². The quantitative estimate of drug-likeness (QED) is 0.896. The normalized spacial score (nSPS) is 11.2. The van der Waals surface area contributed by atoms with Crippen molar-refractivity contribution in [3.05, 3.63) is 41.5 Å². The second-order valence-electron chi connectivity index (χ2n) is 5.37. The second-order valence-corrected chi connectivity index (χ2v) is 5.37. The molecule has 0 saturated heterocycles. The molecule has 2 aromatic rings. The molecule has 0 radical (unpaired) electrons. The van der Waals surface area contributed by atoms with Crippen LogP contribution in [0.1, 0.15) is 30.8 Å². The number of hydrogen-bond acceptors (Lipinski definition) is 3. The molecule has 0 atom stereocenters. The fourth-order valence-corrected chi connectivity index (χ4v) is 2.13. The van der Waals surface area contributed by atoms with Crippen molar-refractivity contribution in [2.45, 2.75) is 34.2 Å². The van der Waals surface area contributed by atoms with Gasteiger partial charge in [-0.15, -0.1) is 0 Å². The van der Waals surface area contributed by atoms with Crippen LogP contribution in [-0.2, 0) is 6.54 Å². The number of hydrogen-bond donors (Lipinski definition) is 1. The molecule has 0 amide bonds. The van der Waals surface area contributed by atoms with Gasteiger partial charge in [-0.3, -0.25) is 4.98 Å². The van der Waals surface area contributed by atoms with Gasteiger partial charge in [0, 0.05) is 30.2 Å². The van der Waals surface area contributed by atoms with Crippen molar-refractivity contribution in [2.24, 2.45) is 5.92 Å². The molecule has 4 heteroatoms. The zero-order chi connectivity index (χ0) is 13.8. The Morgan fingerprint density at radius 2 is 2.11 bits per heavy atom. The molecule has 0 fully saturated rings. The highest BCUT2D eigenvalue weighted by Gasteiger charge is 2.08. The predicted molar refractivity (Wildman–Crippen MR) is 77.4 cm³/mol. The summed E-state index contributed by atoms with van der Waals surface area (Å²) in [5.41, 5.74) is 4.47. The Balaban J connectivity index is 2.23. The highest BCUT2D eigenvalue weighted by Crippen LogP contribution is 2.15. The van der Waals surface area contributed by atoms with E-state index in [0.717, 1.165) is 30.2 Å². The Bertz CT molecular complexity index is 543. The van der Waals surface area contributed by atoms with Gasteiger partial charge in [-0.05, 0) is 38.4 Å². The standard InChI is InChI=1S/C15H22N4/c1-11(2)8-17-10-14-9-16-6-5-15(14)19-13(4)7-12(3)18-19/h5-7,9,11,17H,8,10H2,1-4H3. The van der Waals surface area contributed by atoms with E-state index in [1.807, 2.05) is 30.1 Å². The van der Waals surface area contributed by atoms with E-state index >= 15 is 0 Å². The number of rotatable bonds is 5. The average molecular weight is 258 g/mol. The van der Waals surface area contributed by atoms with Crippen LogP contribution in [0.2, 0.25) is 0 Å². The maximum atomic E-state index is 4.55. The Morgan fingerprint density at radius 1 is 1.32 bits per heavy atom. The number of pyridine rings is 1. The number of aryl methyl sites for hydroxylation is 2. The SMILES string of the molecule is Cc1cc(C)n(-c2ccncc2CNCC(C)C)n1. The summed E-state index contributed by atoms with van der Waals surface area (Å²) in [6.07, 6.45) is 3.73. The molecule has 0 spiro atoms. The molecule has 0 aromatic carbocycles. The summed E-state index contributed by atoms with van der Waals surface area (Å²) in [6.45, 7) is 10.3. The lowest BCUT2D eigenvalue weighted by molar-refractivity contribution is 0.550. The van der Waals surface area contributed by atoms with Crippen LogP contribution < -0.4 is 5.32 Å². The van der Waals surface area contributed by atoms with Crippen LogP contribution in [0, 0.1) is 19.8 Å². The van der Waals surface area contributed by atoms with Gasteiger partial charge in [-0.2, -0.15) is 5.10 Å². The van der Waals surface area contributed by atoms with Crippen LogP contribution in [0.25, 0.3) is 5.69 Å². The van der Waals surface area contributed by atoms with E-state index in [1.165, 1.54) is 5.56 Å². The molecule has 2 rings (SSSR count). The Morgan fingerprint density at radius 3 is 2.74 bits per heavy atom. The third-order valence-corrected chi connectivity index (χ3v) is 2.98. The summed E-state index contributed by atoms with van der Waals surface area (Å²) < 4.78 is 1.99. The molecule has 0 saturated carbocycles. The minimum absolute atomic E-state index is 0.647. The summed E-state index contributed by atoms with van der Waals surface area (Å²) in [4.78, 5) is 4.22. The van der Waals surface area contributed by atoms with Gasteiger partial charge in [-0.25, -0.2) is 4.68 Å². The van der Waals surface area contributed by atoms with E-state index < -0.39 is 0 Å². The smallest absolute Gasteiger partial charge is 0.0724 e. The third-order valence-electron chi connectivity index (χ3n) is 2.98. The molecule has 102 valence electrons. The van der Waals surface area contributed by atoms with Gasteiger partial charge in [0.05, 0.1) is 11.4 Å². The Hall–Kier alpha value is -1.68. The molecule has 1 N–H and O–H groups in total. The van der Waals surface area contributed by atoms with Crippen LogP contribution in [0.15, 0.2) is 24.5 Å². The van der Waals surface area contributed by atoms with E-state index in [4.69, 9.17) is 0 Å². The topological polar surface area (TPSA) is 42.7 Å². The van der Waals surface area contributed by atoms with Gasteiger partial charge in [0.15, 0.2) is 0 Å². The van der Waals surface area contributed by atoms with Crippen LogP contribution in [0.4, 0.5) is 0 Å². The summed E-state index contributed by atoms with van der Waals surface area (Å²) in [7, 11) is 0. The van der Waals surface area contributed by atoms with Gasteiger partial charge in [-0.1, -0.05) is 13.8 Å². The Labute approximate surface area is 114 Å². The van der Waals surface area contributed by atoms with Crippen LogP contribution in [-0.4, -0.2) is 21.3 Å². The lowest BCUT2D eigenvalue weighted by Gasteiger charge is -2.12. The van der Waals surface area contributed by atoms with E-state index in [9.17, 15) is 0 Å². The first kappa shape index (κ1) is 13.7. The highest BCUT2D eigenvalue weighted by molar-refractivity contribution is 5.39. The van der Waals surface area contributed by atoms with Crippen molar-refractivity contribution in [3.8, 4) is 5.69 Å². The van der Waals surface area contributed by atoms with Crippen molar-refractivity contribution in [2.75, 3.05) is 6.54 Å². The third kappa shape index (κ3) is 3.41. The van der Waals surface area contributed by atoms with Crippen LogP contribution in [0.5, 0.6) is 0 Å². The van der Waals surface area contributed by atoms with Gasteiger partial charge in [0.2, 0.25) is 0 Å². The summed E-state index contributed by atoms with van der Waals surface area (Å²) in [6, 6.07) is 4.11. The fourth-order valence-electron chi connectivity index (χ4n) is 2.13. The molecule has 0 aliphatic heterocycles. The number of nitrogens with one attached hydrogen (secondary N) is 1. The number of nitrogens with zero attached hydrogens (tertiary/aromatic N) is 3. The van der Waals surface area contributed by atoms with E-state index in [2.05, 4.69) is 42.2 Å². The molecule has 2 aromatic heterocycles. The molecule has 0 aliphatic rings. The first-order valence-corrected chi connectivity index (χ1v) is 6.75. The van der Waals surface area contributed by atoms with Gasteiger partial charge in [0.1, 0.15) is 0 Å². The van der Waals surface area contributed by atoms with Crippen molar-refractivity contribution in [1.29, 1.82) is 0 Å². The zero-order valence-electron chi connectivity index (χ0n) is 12.1. The maximum Gasteiger partial charge on any atom is 0.0724 e. The van der Waals surface area contributed by atoms with Crippen molar-refractivity contribution < 1.29 is 0 Å². The molecule has 0 unspecified atom stereocenters. The van der Waals surface area contributed by atoms with Crippen LogP contribution in [0.3, 0.4) is 0 Å². The largest absolute Gasteiger partial charge is 0.312 e. The Kier molecular flexibility index (Phi) is 4.32. The zero-order valence-corrected chi connectivity index (χ0v) is 12.1. The summed E-state index contributed by atoms with van der Waals surface area (Å²) in [5.74, 6) is 0.647. The molecular formula is C15H22N4. The monoisotopic (exact) mass is 258 g/mol. The van der Waals surface area contributed by atoms with Gasteiger partial charge < -0.3 is 5.32 Å². The minimum atomic E-state index is 0.647. The van der Waals surface area contributed by atoms with Crippen molar-refractivity contribution in [3.63, 3.8) is 0 Å². The van der Waals surface area contributed by atoms with Gasteiger partial charge in [0.25, 0.3) is 0 Å². The predicted octanol–water partition coefficient (Wildman–Crippen LogP) is 2.63. The highest BCUT2D eigenvalue weighted by atomic mass is 15.3. The molecule has 0 bridgehead atoms. The van der Waals surface area contributed by atoms with Crippen LogP contribution >= 0.6 is 0 Å². The first-order valence-electron chi connectivity index (χ1n) is 6.75. The lowest BCUT2D eigenvalue weighted by atomic mass is 10.2. The molecule has 0 aliphatic carbocycles. The van der Waals surface area contributed by atoms with Crippen molar-refractivity contribution in [1.82, 2.24) is 20.1 Å².